The maximum absolute atomic E-state index is 12.1. The van der Waals surface area contributed by atoms with Gasteiger partial charge < -0.3 is 9.73 Å². The van der Waals surface area contributed by atoms with Crippen LogP contribution in [0.2, 0.25) is 0 Å². The summed E-state index contributed by atoms with van der Waals surface area (Å²) in [5.41, 5.74) is 0.605. The highest BCUT2D eigenvalue weighted by atomic mass is 32.1. The van der Waals surface area contributed by atoms with Crippen LogP contribution in [0, 0.1) is 6.92 Å². The van der Waals surface area contributed by atoms with Crippen LogP contribution < -0.4 is 5.32 Å². The van der Waals surface area contributed by atoms with Gasteiger partial charge in [0.25, 0.3) is 0 Å². The molecule has 0 saturated heterocycles. The smallest absolute Gasteiger partial charge is 0.221 e. The highest BCUT2D eigenvalue weighted by Crippen LogP contribution is 2.27. The number of nitrogens with zero attached hydrogens (tertiary/aromatic N) is 1. The van der Waals surface area contributed by atoms with E-state index in [1.54, 1.807) is 17.6 Å². The summed E-state index contributed by atoms with van der Waals surface area (Å²) in [5, 5.41) is 6.08. The molecular formula is C15H20N2O2S. The number of nitrogens with one attached hydrogen (secondary N) is 1. The number of carbonyl (C=O) groups is 1. The minimum Gasteiger partial charge on any atom is -0.469 e. The van der Waals surface area contributed by atoms with Crippen molar-refractivity contribution in [3.8, 4) is 0 Å². The highest BCUT2D eigenvalue weighted by Gasteiger charge is 2.29. The molecule has 0 bridgehead atoms. The van der Waals surface area contributed by atoms with Crippen LogP contribution in [0.25, 0.3) is 0 Å². The van der Waals surface area contributed by atoms with Gasteiger partial charge in [-0.25, -0.2) is 4.98 Å². The second-order valence-corrected chi connectivity index (χ2v) is 5.97. The molecule has 1 unspecified atom stereocenters. The van der Waals surface area contributed by atoms with E-state index in [1.807, 2.05) is 31.4 Å². The van der Waals surface area contributed by atoms with Gasteiger partial charge >= 0.3 is 0 Å². The lowest BCUT2D eigenvalue weighted by atomic mass is 9.99. The van der Waals surface area contributed by atoms with Crippen LogP contribution in [0.4, 0.5) is 0 Å². The molecule has 0 aliphatic carbocycles. The molecule has 0 aromatic carbocycles. The zero-order chi connectivity index (χ0) is 14.6. The topological polar surface area (TPSA) is 55.1 Å². The number of rotatable bonds is 6. The summed E-state index contributed by atoms with van der Waals surface area (Å²) in [4.78, 5) is 16.6. The first-order valence-corrected chi connectivity index (χ1v) is 7.67. The van der Waals surface area contributed by atoms with Gasteiger partial charge in [0.2, 0.25) is 5.91 Å². The lowest BCUT2D eigenvalue weighted by molar-refractivity contribution is -0.123. The quantitative estimate of drug-likeness (QED) is 0.887. The standard InChI is InChI=1S/C15H20N2O2S/c1-4-15(3,14-16-11(2)10-20-14)17-13(18)8-7-12-6-5-9-19-12/h5-6,9-10H,4,7-8H2,1-3H3,(H,17,18). The summed E-state index contributed by atoms with van der Waals surface area (Å²) in [5.74, 6) is 0.863. The maximum atomic E-state index is 12.1. The Morgan fingerprint density at radius 1 is 1.55 bits per heavy atom. The molecule has 1 amide bonds. The Hall–Kier alpha value is -1.62. The SMILES string of the molecule is CCC(C)(NC(=O)CCc1ccco1)c1nc(C)cs1. The van der Waals surface area contributed by atoms with Crippen molar-refractivity contribution in [2.24, 2.45) is 0 Å². The summed E-state index contributed by atoms with van der Waals surface area (Å²) in [7, 11) is 0. The Bertz CT molecular complexity index is 562. The van der Waals surface area contributed by atoms with Crippen molar-refractivity contribution in [3.05, 3.63) is 40.2 Å². The van der Waals surface area contributed by atoms with Crippen LogP contribution in [0.1, 0.15) is 43.2 Å². The Labute approximate surface area is 123 Å². The van der Waals surface area contributed by atoms with E-state index < -0.39 is 0 Å². The van der Waals surface area contributed by atoms with Crippen molar-refractivity contribution in [1.29, 1.82) is 0 Å². The van der Waals surface area contributed by atoms with E-state index in [-0.39, 0.29) is 11.4 Å². The molecule has 0 saturated carbocycles. The van der Waals surface area contributed by atoms with Crippen LogP contribution >= 0.6 is 11.3 Å². The molecule has 0 aliphatic rings. The molecule has 2 aromatic rings. The fourth-order valence-electron chi connectivity index (χ4n) is 1.96. The van der Waals surface area contributed by atoms with E-state index in [0.717, 1.165) is 22.9 Å². The van der Waals surface area contributed by atoms with Gasteiger partial charge in [0.1, 0.15) is 10.8 Å². The largest absolute Gasteiger partial charge is 0.469 e. The molecule has 4 nitrogen and oxygen atoms in total. The number of hydrogen-bond acceptors (Lipinski definition) is 4. The molecule has 0 spiro atoms. The van der Waals surface area contributed by atoms with Crippen LogP contribution in [0.5, 0.6) is 0 Å². The lowest BCUT2D eigenvalue weighted by Crippen LogP contribution is -2.43. The van der Waals surface area contributed by atoms with E-state index in [2.05, 4.69) is 17.2 Å². The van der Waals surface area contributed by atoms with Crippen LogP contribution in [-0.2, 0) is 16.8 Å². The second-order valence-electron chi connectivity index (χ2n) is 5.11. The van der Waals surface area contributed by atoms with Crippen LogP contribution in [-0.4, -0.2) is 10.9 Å². The number of amides is 1. The third-order valence-corrected chi connectivity index (χ3v) is 4.62. The lowest BCUT2D eigenvalue weighted by Gasteiger charge is -2.27. The zero-order valence-electron chi connectivity index (χ0n) is 12.1. The van der Waals surface area contributed by atoms with E-state index in [1.165, 1.54) is 0 Å². The molecule has 0 fully saturated rings. The van der Waals surface area contributed by atoms with Gasteiger partial charge in [-0.2, -0.15) is 0 Å². The highest BCUT2D eigenvalue weighted by molar-refractivity contribution is 7.09. The van der Waals surface area contributed by atoms with Gasteiger partial charge in [0, 0.05) is 23.9 Å². The van der Waals surface area contributed by atoms with Crippen molar-refractivity contribution in [2.45, 2.75) is 45.6 Å². The first kappa shape index (κ1) is 14.8. The molecule has 2 aromatic heterocycles. The summed E-state index contributed by atoms with van der Waals surface area (Å²) in [6.07, 6.45) is 3.48. The number of furan rings is 1. The van der Waals surface area contributed by atoms with Crippen molar-refractivity contribution >= 4 is 17.2 Å². The Balaban J connectivity index is 1.97. The predicted molar refractivity (Wildman–Crippen MR) is 79.7 cm³/mol. The summed E-state index contributed by atoms with van der Waals surface area (Å²) < 4.78 is 5.24. The zero-order valence-corrected chi connectivity index (χ0v) is 12.9. The molecule has 5 heteroatoms. The van der Waals surface area contributed by atoms with Crippen LogP contribution in [0.15, 0.2) is 28.2 Å². The molecule has 0 aliphatic heterocycles. The normalized spacial score (nSPS) is 13.9. The molecule has 108 valence electrons. The molecule has 2 heterocycles. The van der Waals surface area contributed by atoms with Gasteiger partial charge in [0.15, 0.2) is 0 Å². The average Bonchev–Trinajstić information content (AvgIpc) is 3.07. The minimum atomic E-state index is -0.390. The average molecular weight is 292 g/mol. The summed E-state index contributed by atoms with van der Waals surface area (Å²) >= 11 is 1.59. The Kier molecular flexibility index (Phi) is 4.60. The maximum Gasteiger partial charge on any atom is 0.221 e. The van der Waals surface area contributed by atoms with Crippen molar-refractivity contribution < 1.29 is 9.21 Å². The van der Waals surface area contributed by atoms with Gasteiger partial charge in [0.05, 0.1) is 11.8 Å². The minimum absolute atomic E-state index is 0.0265. The summed E-state index contributed by atoms with van der Waals surface area (Å²) in [6, 6.07) is 3.72. The Morgan fingerprint density at radius 2 is 2.35 bits per heavy atom. The Morgan fingerprint density at radius 3 is 2.90 bits per heavy atom. The molecule has 1 atom stereocenters. The molecule has 1 N–H and O–H groups in total. The number of aryl methyl sites for hydroxylation is 2. The first-order chi connectivity index (χ1) is 9.53. The molecule has 0 radical (unpaired) electrons. The van der Waals surface area contributed by atoms with E-state index in [4.69, 9.17) is 4.42 Å². The van der Waals surface area contributed by atoms with Crippen LogP contribution in [0.3, 0.4) is 0 Å². The van der Waals surface area contributed by atoms with Gasteiger partial charge in [-0.15, -0.1) is 11.3 Å². The van der Waals surface area contributed by atoms with Gasteiger partial charge in [-0.1, -0.05) is 6.92 Å². The number of hydrogen-bond donors (Lipinski definition) is 1. The number of thiazole rings is 1. The third-order valence-electron chi connectivity index (χ3n) is 3.39. The van der Waals surface area contributed by atoms with Gasteiger partial charge in [-0.3, -0.25) is 4.79 Å². The van der Waals surface area contributed by atoms with E-state index in [9.17, 15) is 4.79 Å². The number of aromatic nitrogens is 1. The van der Waals surface area contributed by atoms with Crippen molar-refractivity contribution in [3.63, 3.8) is 0 Å². The summed E-state index contributed by atoms with van der Waals surface area (Å²) in [6.45, 7) is 6.05. The molecule has 20 heavy (non-hydrogen) atoms. The number of carbonyl (C=O) groups excluding carboxylic acids is 1. The van der Waals surface area contributed by atoms with Gasteiger partial charge in [-0.05, 0) is 32.4 Å². The molecule has 2 rings (SSSR count). The molecular weight excluding hydrogens is 272 g/mol. The predicted octanol–water partition coefficient (Wildman–Crippen LogP) is 3.42. The first-order valence-electron chi connectivity index (χ1n) is 6.79. The fraction of sp³-hybridized carbons (Fsp3) is 0.467. The van der Waals surface area contributed by atoms with E-state index >= 15 is 0 Å². The fourth-order valence-corrected chi connectivity index (χ4v) is 2.95. The van der Waals surface area contributed by atoms with E-state index in [0.29, 0.717) is 12.8 Å². The second kappa shape index (κ2) is 6.22. The monoisotopic (exact) mass is 292 g/mol. The van der Waals surface area contributed by atoms with Crippen molar-refractivity contribution in [1.82, 2.24) is 10.3 Å². The van der Waals surface area contributed by atoms with Crippen molar-refractivity contribution in [2.75, 3.05) is 0 Å². The third kappa shape index (κ3) is 3.48.